The summed E-state index contributed by atoms with van der Waals surface area (Å²) in [5, 5.41) is 0. The van der Waals surface area contributed by atoms with E-state index in [1.165, 1.54) is 20.0 Å². The Labute approximate surface area is 118 Å². The van der Waals surface area contributed by atoms with Crippen molar-refractivity contribution in [3.05, 3.63) is 29.8 Å². The number of methoxy groups -OCH3 is 1. The summed E-state index contributed by atoms with van der Waals surface area (Å²) >= 11 is 0. The molecule has 0 radical (unpaired) electrons. The summed E-state index contributed by atoms with van der Waals surface area (Å²) < 4.78 is 5.11. The van der Waals surface area contributed by atoms with Crippen molar-refractivity contribution in [2.75, 3.05) is 7.11 Å². The van der Waals surface area contributed by atoms with Gasteiger partial charge in [0.1, 0.15) is 5.75 Å². The molecule has 0 unspecified atom stereocenters. The van der Waals surface area contributed by atoms with Gasteiger partial charge in [0.25, 0.3) is 5.91 Å². The number of carbonyl (C=O) groups is 2. The van der Waals surface area contributed by atoms with E-state index in [0.717, 1.165) is 12.8 Å². The fraction of sp³-hybridized carbons (Fsp3) is 0.467. The Morgan fingerprint density at radius 3 is 2.60 bits per heavy atom. The lowest BCUT2D eigenvalue weighted by molar-refractivity contribution is -0.122. The molecule has 0 atom stereocenters. The fourth-order valence-corrected chi connectivity index (χ4v) is 2.55. The normalized spacial score (nSPS) is 14.8. The topological polar surface area (TPSA) is 67.4 Å². The molecule has 0 aromatic heterocycles. The van der Waals surface area contributed by atoms with Crippen molar-refractivity contribution in [2.24, 2.45) is 5.92 Å². The number of amides is 2. The molecule has 2 rings (SSSR count). The van der Waals surface area contributed by atoms with Crippen molar-refractivity contribution in [3.63, 3.8) is 0 Å². The van der Waals surface area contributed by atoms with Crippen LogP contribution in [0.4, 0.5) is 0 Å². The van der Waals surface area contributed by atoms with Crippen LogP contribution in [0, 0.1) is 5.92 Å². The van der Waals surface area contributed by atoms with E-state index in [2.05, 4.69) is 10.9 Å². The van der Waals surface area contributed by atoms with E-state index in [9.17, 15) is 9.59 Å². The molecule has 1 aliphatic rings. The Kier molecular flexibility index (Phi) is 4.98. The van der Waals surface area contributed by atoms with Crippen molar-refractivity contribution in [2.45, 2.75) is 32.1 Å². The second-order valence-corrected chi connectivity index (χ2v) is 5.06. The van der Waals surface area contributed by atoms with Crippen LogP contribution in [0.1, 0.15) is 42.5 Å². The third-order valence-corrected chi connectivity index (χ3v) is 3.62. The number of nitrogens with one attached hydrogen (secondary N) is 2. The number of benzene rings is 1. The van der Waals surface area contributed by atoms with Crippen LogP contribution in [0.2, 0.25) is 0 Å². The molecule has 1 saturated carbocycles. The summed E-state index contributed by atoms with van der Waals surface area (Å²) in [7, 11) is 1.50. The number of para-hydroxylation sites is 1. The number of hydrazine groups is 1. The molecule has 2 N–H and O–H groups in total. The first-order valence-electron chi connectivity index (χ1n) is 6.93. The third-order valence-electron chi connectivity index (χ3n) is 3.62. The zero-order valence-electron chi connectivity index (χ0n) is 11.6. The highest BCUT2D eigenvalue weighted by molar-refractivity contribution is 5.97. The summed E-state index contributed by atoms with van der Waals surface area (Å²) in [5.41, 5.74) is 5.29. The molecule has 1 aromatic rings. The average molecular weight is 276 g/mol. The highest BCUT2D eigenvalue weighted by Crippen LogP contribution is 2.27. The first-order valence-corrected chi connectivity index (χ1v) is 6.93. The van der Waals surface area contributed by atoms with Crippen LogP contribution in [0.3, 0.4) is 0 Å². The zero-order valence-corrected chi connectivity index (χ0v) is 11.6. The standard InChI is InChI=1S/C15H20N2O3/c1-20-13-9-5-4-8-12(13)15(19)17-16-14(18)10-11-6-2-3-7-11/h4-5,8-9,11H,2-3,6-7,10H2,1H3,(H,16,18)(H,17,19). The molecule has 0 bridgehead atoms. The van der Waals surface area contributed by atoms with E-state index in [1.54, 1.807) is 24.3 Å². The van der Waals surface area contributed by atoms with E-state index in [0.29, 0.717) is 23.7 Å². The zero-order chi connectivity index (χ0) is 14.4. The van der Waals surface area contributed by atoms with Crippen LogP contribution in [0.25, 0.3) is 0 Å². The molecule has 1 fully saturated rings. The Bertz CT molecular complexity index is 482. The maximum absolute atomic E-state index is 12.0. The molecule has 1 aromatic carbocycles. The fourth-order valence-electron chi connectivity index (χ4n) is 2.55. The lowest BCUT2D eigenvalue weighted by Crippen LogP contribution is -2.42. The largest absolute Gasteiger partial charge is 0.496 e. The SMILES string of the molecule is COc1ccccc1C(=O)NNC(=O)CC1CCCC1. The Morgan fingerprint density at radius 2 is 1.90 bits per heavy atom. The number of rotatable bonds is 4. The summed E-state index contributed by atoms with van der Waals surface area (Å²) in [4.78, 5) is 23.7. The van der Waals surface area contributed by atoms with Gasteiger partial charge in [-0.05, 0) is 30.9 Å². The lowest BCUT2D eigenvalue weighted by Gasteiger charge is -2.12. The molecule has 20 heavy (non-hydrogen) atoms. The van der Waals surface area contributed by atoms with Crippen LogP contribution >= 0.6 is 0 Å². The van der Waals surface area contributed by atoms with Gasteiger partial charge < -0.3 is 4.74 Å². The van der Waals surface area contributed by atoms with E-state index >= 15 is 0 Å². The highest BCUT2D eigenvalue weighted by Gasteiger charge is 2.19. The van der Waals surface area contributed by atoms with E-state index in [4.69, 9.17) is 4.74 Å². The average Bonchev–Trinajstić information content (AvgIpc) is 2.97. The van der Waals surface area contributed by atoms with Crippen LogP contribution in [-0.4, -0.2) is 18.9 Å². The van der Waals surface area contributed by atoms with Gasteiger partial charge in [-0.3, -0.25) is 20.4 Å². The molecule has 5 nitrogen and oxygen atoms in total. The van der Waals surface area contributed by atoms with E-state index < -0.39 is 0 Å². The lowest BCUT2D eigenvalue weighted by atomic mass is 10.0. The smallest absolute Gasteiger partial charge is 0.273 e. The predicted octanol–water partition coefficient (Wildman–Crippen LogP) is 2.04. The Hall–Kier alpha value is -2.04. The van der Waals surface area contributed by atoms with E-state index in [-0.39, 0.29) is 11.8 Å². The van der Waals surface area contributed by atoms with Gasteiger partial charge in [-0.2, -0.15) is 0 Å². The number of hydrogen-bond donors (Lipinski definition) is 2. The minimum atomic E-state index is -0.373. The summed E-state index contributed by atoms with van der Waals surface area (Å²) in [6.45, 7) is 0. The number of hydrogen-bond acceptors (Lipinski definition) is 3. The molecule has 2 amide bonds. The maximum atomic E-state index is 12.0. The van der Waals surface area contributed by atoms with Crippen molar-refractivity contribution >= 4 is 11.8 Å². The van der Waals surface area contributed by atoms with Crippen molar-refractivity contribution in [3.8, 4) is 5.75 Å². The van der Waals surface area contributed by atoms with Gasteiger partial charge >= 0.3 is 0 Å². The first kappa shape index (κ1) is 14.4. The van der Waals surface area contributed by atoms with Gasteiger partial charge in [-0.25, -0.2) is 0 Å². The Balaban J connectivity index is 1.83. The minimum Gasteiger partial charge on any atom is -0.496 e. The molecule has 0 spiro atoms. The highest BCUT2D eigenvalue weighted by atomic mass is 16.5. The minimum absolute atomic E-state index is 0.139. The molecule has 108 valence electrons. The third kappa shape index (κ3) is 3.73. The van der Waals surface area contributed by atoms with Gasteiger partial charge in [0.15, 0.2) is 0 Å². The van der Waals surface area contributed by atoms with Crippen LogP contribution < -0.4 is 15.6 Å². The van der Waals surface area contributed by atoms with Crippen LogP contribution in [0.5, 0.6) is 5.75 Å². The second kappa shape index (κ2) is 6.93. The van der Waals surface area contributed by atoms with Gasteiger partial charge in [0.2, 0.25) is 5.91 Å². The molecule has 0 saturated heterocycles. The van der Waals surface area contributed by atoms with Gasteiger partial charge in [0.05, 0.1) is 12.7 Å². The monoisotopic (exact) mass is 276 g/mol. The summed E-state index contributed by atoms with van der Waals surface area (Å²) in [5.74, 6) is 0.426. The summed E-state index contributed by atoms with van der Waals surface area (Å²) in [6.07, 6.45) is 5.09. The molecule has 5 heteroatoms. The quantitative estimate of drug-likeness (QED) is 0.827. The van der Waals surface area contributed by atoms with Crippen LogP contribution in [0.15, 0.2) is 24.3 Å². The molecular formula is C15H20N2O3. The summed E-state index contributed by atoms with van der Waals surface area (Å²) in [6, 6.07) is 6.89. The van der Waals surface area contributed by atoms with Gasteiger partial charge in [-0.15, -0.1) is 0 Å². The molecule has 0 aliphatic heterocycles. The van der Waals surface area contributed by atoms with E-state index in [1.807, 2.05) is 0 Å². The predicted molar refractivity (Wildman–Crippen MR) is 75.2 cm³/mol. The molecule has 1 aliphatic carbocycles. The van der Waals surface area contributed by atoms with Gasteiger partial charge in [-0.1, -0.05) is 25.0 Å². The van der Waals surface area contributed by atoms with Gasteiger partial charge in [0, 0.05) is 6.42 Å². The van der Waals surface area contributed by atoms with Crippen LogP contribution in [-0.2, 0) is 4.79 Å². The van der Waals surface area contributed by atoms with Crippen molar-refractivity contribution < 1.29 is 14.3 Å². The number of ether oxygens (including phenoxy) is 1. The maximum Gasteiger partial charge on any atom is 0.273 e. The number of carbonyl (C=O) groups excluding carboxylic acids is 2. The van der Waals surface area contributed by atoms with Crippen molar-refractivity contribution in [1.29, 1.82) is 0 Å². The molecular weight excluding hydrogens is 256 g/mol. The molecule has 0 heterocycles. The first-order chi connectivity index (χ1) is 9.70. The van der Waals surface area contributed by atoms with Crippen molar-refractivity contribution in [1.82, 2.24) is 10.9 Å². The second-order valence-electron chi connectivity index (χ2n) is 5.06. The Morgan fingerprint density at radius 1 is 1.20 bits per heavy atom.